The molecular formula is C14H18BrClO3. The van der Waals surface area contributed by atoms with E-state index in [4.69, 9.17) is 25.8 Å². The van der Waals surface area contributed by atoms with Crippen LogP contribution in [0.2, 0.25) is 5.02 Å². The fraction of sp³-hybridized carbons (Fsp3) is 0.571. The minimum Gasteiger partial charge on any atom is -0.495 e. The second-order valence-electron chi connectivity index (χ2n) is 4.71. The van der Waals surface area contributed by atoms with Crippen molar-refractivity contribution in [2.24, 2.45) is 5.92 Å². The number of ether oxygens (including phenoxy) is 3. The first-order chi connectivity index (χ1) is 9.10. The first kappa shape index (κ1) is 14.9. The van der Waals surface area contributed by atoms with Crippen LogP contribution >= 0.6 is 27.5 Å². The minimum absolute atomic E-state index is 0.0587. The number of hydrogen-bond acceptors (Lipinski definition) is 3. The third-order valence-corrected chi connectivity index (χ3v) is 4.92. The second-order valence-corrected chi connectivity index (χ2v) is 6.07. The molecule has 1 aromatic carbocycles. The highest BCUT2D eigenvalue weighted by molar-refractivity contribution is 9.09. The summed E-state index contributed by atoms with van der Waals surface area (Å²) in [6.45, 7) is 3.00. The van der Waals surface area contributed by atoms with E-state index in [0.29, 0.717) is 22.4 Å². The average Bonchev–Trinajstić information content (AvgIpc) is 2.83. The van der Waals surface area contributed by atoms with Gasteiger partial charge in [-0.25, -0.2) is 0 Å². The van der Waals surface area contributed by atoms with Gasteiger partial charge in [0.15, 0.2) is 0 Å². The number of alkyl halides is 1. The number of halogens is 2. The zero-order valence-corrected chi connectivity index (χ0v) is 13.6. The van der Waals surface area contributed by atoms with Crippen molar-refractivity contribution >= 4 is 27.5 Å². The van der Waals surface area contributed by atoms with Crippen LogP contribution in [0.4, 0.5) is 0 Å². The van der Waals surface area contributed by atoms with Crippen LogP contribution in [0.1, 0.15) is 23.7 Å². The molecule has 1 aliphatic heterocycles. The normalized spacial score (nSPS) is 24.3. The number of methoxy groups -OCH3 is 2. The van der Waals surface area contributed by atoms with Crippen LogP contribution in [-0.2, 0) is 4.74 Å². The fourth-order valence-electron chi connectivity index (χ4n) is 2.40. The molecule has 1 saturated heterocycles. The van der Waals surface area contributed by atoms with Crippen molar-refractivity contribution in [1.82, 2.24) is 0 Å². The molecule has 0 spiro atoms. The summed E-state index contributed by atoms with van der Waals surface area (Å²) in [6.07, 6.45) is 1.22. The molecule has 0 aromatic heterocycles. The van der Waals surface area contributed by atoms with Gasteiger partial charge in [0.25, 0.3) is 0 Å². The van der Waals surface area contributed by atoms with Crippen molar-refractivity contribution in [3.05, 3.63) is 22.7 Å². The Labute approximate surface area is 127 Å². The van der Waals surface area contributed by atoms with E-state index in [1.807, 2.05) is 12.1 Å². The van der Waals surface area contributed by atoms with E-state index in [-0.39, 0.29) is 10.9 Å². The summed E-state index contributed by atoms with van der Waals surface area (Å²) in [5.74, 6) is 1.77. The van der Waals surface area contributed by atoms with Crippen LogP contribution in [0.5, 0.6) is 11.5 Å². The molecule has 0 radical (unpaired) electrons. The van der Waals surface area contributed by atoms with Crippen molar-refractivity contribution in [3.63, 3.8) is 0 Å². The van der Waals surface area contributed by atoms with Gasteiger partial charge in [-0.2, -0.15) is 0 Å². The summed E-state index contributed by atoms with van der Waals surface area (Å²) in [5, 5.41) is 0.498. The van der Waals surface area contributed by atoms with Crippen molar-refractivity contribution in [2.75, 3.05) is 20.8 Å². The molecule has 106 valence electrons. The van der Waals surface area contributed by atoms with Gasteiger partial charge in [-0.3, -0.25) is 0 Å². The molecule has 0 aliphatic carbocycles. The minimum atomic E-state index is 0.0587. The number of rotatable bonds is 4. The Kier molecular flexibility index (Phi) is 4.98. The molecule has 5 heteroatoms. The predicted octanol–water partition coefficient (Wildman–Crippen LogP) is 4.22. The smallest absolute Gasteiger partial charge is 0.145 e. The summed E-state index contributed by atoms with van der Waals surface area (Å²) < 4.78 is 16.4. The molecule has 0 saturated carbocycles. The predicted molar refractivity (Wildman–Crippen MR) is 79.7 cm³/mol. The zero-order valence-electron chi connectivity index (χ0n) is 11.3. The van der Waals surface area contributed by atoms with Gasteiger partial charge in [-0.1, -0.05) is 40.5 Å². The molecule has 0 amide bonds. The highest BCUT2D eigenvalue weighted by atomic mass is 79.9. The monoisotopic (exact) mass is 348 g/mol. The third-order valence-electron chi connectivity index (χ3n) is 3.55. The lowest BCUT2D eigenvalue weighted by Crippen LogP contribution is -2.19. The summed E-state index contributed by atoms with van der Waals surface area (Å²) in [5.41, 5.74) is 0.993. The average molecular weight is 350 g/mol. The highest BCUT2D eigenvalue weighted by Crippen LogP contribution is 2.45. The van der Waals surface area contributed by atoms with Crippen molar-refractivity contribution in [3.8, 4) is 11.5 Å². The topological polar surface area (TPSA) is 27.7 Å². The van der Waals surface area contributed by atoms with E-state index in [9.17, 15) is 0 Å². The van der Waals surface area contributed by atoms with Crippen LogP contribution < -0.4 is 9.47 Å². The Morgan fingerprint density at radius 2 is 2.11 bits per heavy atom. The van der Waals surface area contributed by atoms with Gasteiger partial charge in [0.1, 0.15) is 16.5 Å². The molecule has 3 unspecified atom stereocenters. The Morgan fingerprint density at radius 1 is 1.37 bits per heavy atom. The van der Waals surface area contributed by atoms with Gasteiger partial charge in [0, 0.05) is 12.2 Å². The van der Waals surface area contributed by atoms with Crippen molar-refractivity contribution < 1.29 is 14.2 Å². The molecule has 19 heavy (non-hydrogen) atoms. The Morgan fingerprint density at radius 3 is 2.63 bits per heavy atom. The first-order valence-corrected chi connectivity index (χ1v) is 7.55. The lowest BCUT2D eigenvalue weighted by Gasteiger charge is -2.24. The standard InChI is InChI=1S/C14H18BrClO3/c1-8-6-7-19-13(8)11(15)9-4-5-10(17-2)12(16)14(9)18-3/h4-5,8,11,13H,6-7H2,1-3H3. The zero-order chi connectivity index (χ0) is 14.0. The molecule has 1 aromatic rings. The molecule has 3 atom stereocenters. The Hall–Kier alpha value is -0.450. The number of benzene rings is 1. The maximum absolute atomic E-state index is 6.29. The van der Waals surface area contributed by atoms with E-state index < -0.39 is 0 Å². The second kappa shape index (κ2) is 6.33. The Balaban J connectivity index is 2.36. The van der Waals surface area contributed by atoms with E-state index in [1.165, 1.54) is 0 Å². The van der Waals surface area contributed by atoms with Gasteiger partial charge in [-0.15, -0.1) is 0 Å². The van der Waals surface area contributed by atoms with Gasteiger partial charge in [0.2, 0.25) is 0 Å². The molecular weight excluding hydrogens is 332 g/mol. The Bertz CT molecular complexity index is 453. The van der Waals surface area contributed by atoms with Crippen LogP contribution in [0.3, 0.4) is 0 Å². The number of hydrogen-bond donors (Lipinski definition) is 0. The van der Waals surface area contributed by atoms with Crippen molar-refractivity contribution in [1.29, 1.82) is 0 Å². The molecule has 0 bridgehead atoms. The molecule has 1 aliphatic rings. The molecule has 2 rings (SSSR count). The molecule has 3 nitrogen and oxygen atoms in total. The summed E-state index contributed by atoms with van der Waals surface area (Å²) in [6, 6.07) is 3.82. The van der Waals surface area contributed by atoms with Crippen LogP contribution in [0.15, 0.2) is 12.1 Å². The van der Waals surface area contributed by atoms with Gasteiger partial charge >= 0.3 is 0 Å². The molecule has 0 N–H and O–H groups in total. The lowest BCUT2D eigenvalue weighted by molar-refractivity contribution is 0.0929. The van der Waals surface area contributed by atoms with Crippen LogP contribution in [0, 0.1) is 5.92 Å². The summed E-state index contributed by atoms with van der Waals surface area (Å²) >= 11 is 10.0. The van der Waals surface area contributed by atoms with E-state index in [1.54, 1.807) is 14.2 Å². The fourth-order valence-corrected chi connectivity index (χ4v) is 3.76. The maximum Gasteiger partial charge on any atom is 0.145 e. The molecule has 1 heterocycles. The quantitative estimate of drug-likeness (QED) is 0.762. The molecule has 1 fully saturated rings. The highest BCUT2D eigenvalue weighted by Gasteiger charge is 2.33. The van der Waals surface area contributed by atoms with E-state index >= 15 is 0 Å². The largest absolute Gasteiger partial charge is 0.495 e. The summed E-state index contributed by atoms with van der Waals surface area (Å²) in [7, 11) is 3.21. The van der Waals surface area contributed by atoms with E-state index in [0.717, 1.165) is 18.6 Å². The van der Waals surface area contributed by atoms with Crippen LogP contribution in [0.25, 0.3) is 0 Å². The first-order valence-electron chi connectivity index (χ1n) is 6.26. The van der Waals surface area contributed by atoms with Gasteiger partial charge in [-0.05, 0) is 18.4 Å². The lowest BCUT2D eigenvalue weighted by atomic mass is 9.96. The van der Waals surface area contributed by atoms with Crippen LogP contribution in [-0.4, -0.2) is 26.9 Å². The van der Waals surface area contributed by atoms with Gasteiger partial charge in [0.05, 0.1) is 25.2 Å². The summed E-state index contributed by atoms with van der Waals surface area (Å²) in [4.78, 5) is 0.0587. The van der Waals surface area contributed by atoms with E-state index in [2.05, 4.69) is 22.9 Å². The van der Waals surface area contributed by atoms with Crippen molar-refractivity contribution in [2.45, 2.75) is 24.3 Å². The maximum atomic E-state index is 6.29. The van der Waals surface area contributed by atoms with Gasteiger partial charge < -0.3 is 14.2 Å². The SMILES string of the molecule is COc1ccc(C(Br)C2OCCC2C)c(OC)c1Cl. The third kappa shape index (κ3) is 2.86.